The van der Waals surface area contributed by atoms with Crippen molar-refractivity contribution in [2.24, 2.45) is 10.4 Å². The van der Waals surface area contributed by atoms with Gasteiger partial charge in [0.1, 0.15) is 0 Å². The van der Waals surface area contributed by atoms with E-state index in [1.807, 2.05) is 72.9 Å². The molecule has 1 aromatic carbocycles. The topological polar surface area (TPSA) is 34.0 Å². The van der Waals surface area contributed by atoms with E-state index in [4.69, 9.17) is 4.84 Å². The van der Waals surface area contributed by atoms with E-state index in [-0.39, 0.29) is 0 Å². The first kappa shape index (κ1) is 12.8. The van der Waals surface area contributed by atoms with Crippen molar-refractivity contribution >= 4 is 6.08 Å². The predicted molar refractivity (Wildman–Crippen MR) is 77.5 cm³/mol. The third kappa shape index (κ3) is 4.60. The molecule has 1 aromatic rings. The molecule has 3 nitrogen and oxygen atoms in total. The standard InChI is InChI=1S/C16H14N2O/c1-2-4-6-10-14-17-18-19-16-13-9-8-12-15(16)11-7-5-3-1/h1-14H/b2-1-,5-3-,6-4-,11-7-,14-10-,18-17?. The molecule has 1 aliphatic heterocycles. The molecular formula is C16H14N2O. The van der Waals surface area contributed by atoms with Crippen molar-refractivity contribution in [3.63, 3.8) is 0 Å². The Morgan fingerprint density at radius 1 is 0.737 bits per heavy atom. The van der Waals surface area contributed by atoms with E-state index < -0.39 is 0 Å². The van der Waals surface area contributed by atoms with Gasteiger partial charge in [0.2, 0.25) is 0 Å². The summed E-state index contributed by atoms with van der Waals surface area (Å²) in [6.07, 6.45) is 18.9. The Hall–Kier alpha value is -2.68. The third-order valence-electron chi connectivity index (χ3n) is 2.31. The second kappa shape index (κ2) is 7.61. The van der Waals surface area contributed by atoms with E-state index in [0.717, 1.165) is 5.56 Å². The van der Waals surface area contributed by atoms with Crippen LogP contribution in [0.3, 0.4) is 0 Å². The summed E-state index contributed by atoms with van der Waals surface area (Å²) in [5.74, 6) is 0.672. The molecule has 0 bridgehead atoms. The largest absolute Gasteiger partial charge is 0.339 e. The average Bonchev–Trinajstić information content (AvgIpc) is 2.45. The minimum Gasteiger partial charge on any atom is -0.339 e. The lowest BCUT2D eigenvalue weighted by Crippen LogP contribution is -1.84. The van der Waals surface area contributed by atoms with Gasteiger partial charge in [0.25, 0.3) is 0 Å². The van der Waals surface area contributed by atoms with Crippen LogP contribution in [0.4, 0.5) is 0 Å². The van der Waals surface area contributed by atoms with Gasteiger partial charge in [-0.15, -0.1) is 5.11 Å². The highest BCUT2D eigenvalue weighted by Gasteiger charge is 1.98. The normalized spacial score (nSPS) is 22.9. The van der Waals surface area contributed by atoms with E-state index in [2.05, 4.69) is 10.4 Å². The summed E-state index contributed by atoms with van der Waals surface area (Å²) in [5.41, 5.74) is 0.951. The fraction of sp³-hybridized carbons (Fsp3) is 0. The van der Waals surface area contributed by atoms with E-state index in [0.29, 0.717) is 5.75 Å². The lowest BCUT2D eigenvalue weighted by Gasteiger charge is -2.00. The Kier molecular flexibility index (Phi) is 5.11. The van der Waals surface area contributed by atoms with Crippen LogP contribution < -0.4 is 4.84 Å². The summed E-state index contributed by atoms with van der Waals surface area (Å²) in [5, 5.41) is 7.45. The van der Waals surface area contributed by atoms with Crippen LogP contribution >= 0.6 is 0 Å². The SMILES string of the molecule is C1=C\C=C/C=C\c2ccccc2ON=N/C=C\C=C/1. The summed E-state index contributed by atoms with van der Waals surface area (Å²) < 4.78 is 0. The first-order chi connectivity index (χ1) is 9.47. The molecule has 0 N–H and O–H groups in total. The maximum absolute atomic E-state index is 5.26. The lowest BCUT2D eigenvalue weighted by molar-refractivity contribution is 0.311. The van der Waals surface area contributed by atoms with Crippen molar-refractivity contribution in [1.82, 2.24) is 0 Å². The van der Waals surface area contributed by atoms with Crippen LogP contribution in [0.2, 0.25) is 0 Å². The smallest absolute Gasteiger partial charge is 0.167 e. The first-order valence-corrected chi connectivity index (χ1v) is 5.96. The number of nitrogens with zero attached hydrogens (tertiary/aromatic N) is 2. The van der Waals surface area contributed by atoms with Gasteiger partial charge in [-0.1, -0.05) is 66.8 Å². The number of benzene rings is 1. The Labute approximate surface area is 112 Å². The zero-order chi connectivity index (χ0) is 13.2. The summed E-state index contributed by atoms with van der Waals surface area (Å²) in [6.45, 7) is 0. The molecule has 3 heteroatoms. The average molecular weight is 250 g/mol. The monoisotopic (exact) mass is 250 g/mol. The van der Waals surface area contributed by atoms with Crippen molar-refractivity contribution in [3.8, 4) is 5.75 Å². The molecule has 1 aliphatic rings. The van der Waals surface area contributed by atoms with Gasteiger partial charge in [-0.3, -0.25) is 0 Å². The van der Waals surface area contributed by atoms with Crippen LogP contribution in [0.5, 0.6) is 5.75 Å². The molecule has 0 spiro atoms. The zero-order valence-electron chi connectivity index (χ0n) is 10.4. The van der Waals surface area contributed by atoms with Crippen LogP contribution in [-0.4, -0.2) is 0 Å². The van der Waals surface area contributed by atoms with E-state index in [1.54, 1.807) is 12.3 Å². The molecule has 2 rings (SSSR count). The van der Waals surface area contributed by atoms with Crippen LogP contribution in [0.25, 0.3) is 6.08 Å². The van der Waals surface area contributed by atoms with Gasteiger partial charge >= 0.3 is 0 Å². The van der Waals surface area contributed by atoms with E-state index in [1.165, 1.54) is 0 Å². The van der Waals surface area contributed by atoms with Crippen LogP contribution in [0.15, 0.2) is 89.5 Å². The van der Waals surface area contributed by atoms with Crippen LogP contribution in [0.1, 0.15) is 5.56 Å². The summed E-state index contributed by atoms with van der Waals surface area (Å²) in [4.78, 5) is 5.26. The molecule has 94 valence electrons. The quantitative estimate of drug-likeness (QED) is 0.660. The highest BCUT2D eigenvalue weighted by Crippen LogP contribution is 2.19. The molecule has 0 saturated heterocycles. The van der Waals surface area contributed by atoms with E-state index >= 15 is 0 Å². The Morgan fingerprint density at radius 2 is 1.42 bits per heavy atom. The van der Waals surface area contributed by atoms with Crippen LogP contribution in [0, 0.1) is 0 Å². The van der Waals surface area contributed by atoms with Gasteiger partial charge in [-0.05, 0) is 12.1 Å². The number of fused-ring (bicyclic) bond motifs is 1. The second-order valence-corrected chi connectivity index (χ2v) is 3.68. The molecule has 0 aromatic heterocycles. The fourth-order valence-electron chi connectivity index (χ4n) is 1.43. The van der Waals surface area contributed by atoms with Gasteiger partial charge < -0.3 is 4.84 Å². The van der Waals surface area contributed by atoms with Crippen molar-refractivity contribution in [3.05, 3.63) is 84.6 Å². The summed E-state index contributed by atoms with van der Waals surface area (Å²) in [7, 11) is 0. The highest BCUT2D eigenvalue weighted by molar-refractivity contribution is 5.58. The van der Waals surface area contributed by atoms with Gasteiger partial charge in [-0.25, -0.2) is 0 Å². The van der Waals surface area contributed by atoms with Gasteiger partial charge in [0, 0.05) is 10.8 Å². The molecule has 0 saturated carbocycles. The van der Waals surface area contributed by atoms with Gasteiger partial charge in [0.15, 0.2) is 5.75 Å². The zero-order valence-corrected chi connectivity index (χ0v) is 10.4. The fourth-order valence-corrected chi connectivity index (χ4v) is 1.43. The molecule has 0 fully saturated rings. The lowest BCUT2D eigenvalue weighted by atomic mass is 10.2. The molecule has 19 heavy (non-hydrogen) atoms. The molecule has 0 aliphatic carbocycles. The van der Waals surface area contributed by atoms with Crippen molar-refractivity contribution < 1.29 is 4.84 Å². The van der Waals surface area contributed by atoms with Crippen molar-refractivity contribution in [2.45, 2.75) is 0 Å². The Balaban J connectivity index is 2.26. The maximum atomic E-state index is 5.26. The predicted octanol–water partition coefficient (Wildman–Crippen LogP) is 4.64. The summed E-state index contributed by atoms with van der Waals surface area (Å²) in [6, 6.07) is 7.66. The van der Waals surface area contributed by atoms with Gasteiger partial charge in [0.05, 0.1) is 6.20 Å². The number of para-hydroxylation sites is 1. The number of rotatable bonds is 0. The number of hydrogen-bond acceptors (Lipinski definition) is 3. The molecule has 0 amide bonds. The van der Waals surface area contributed by atoms with Crippen molar-refractivity contribution in [1.29, 1.82) is 0 Å². The number of allylic oxidation sites excluding steroid dienone is 8. The Morgan fingerprint density at radius 3 is 2.26 bits per heavy atom. The minimum atomic E-state index is 0.672. The van der Waals surface area contributed by atoms with Crippen LogP contribution in [-0.2, 0) is 0 Å². The second-order valence-electron chi connectivity index (χ2n) is 3.68. The van der Waals surface area contributed by atoms with Gasteiger partial charge in [-0.2, -0.15) is 0 Å². The highest BCUT2D eigenvalue weighted by atomic mass is 16.6. The maximum Gasteiger partial charge on any atom is 0.167 e. The third-order valence-corrected chi connectivity index (χ3v) is 2.31. The summed E-state index contributed by atoms with van der Waals surface area (Å²) >= 11 is 0. The minimum absolute atomic E-state index is 0.672. The first-order valence-electron chi connectivity index (χ1n) is 5.96. The molecule has 1 heterocycles. The number of hydrogen-bond donors (Lipinski definition) is 0. The molecule has 0 radical (unpaired) electrons. The van der Waals surface area contributed by atoms with Crippen molar-refractivity contribution in [2.75, 3.05) is 0 Å². The van der Waals surface area contributed by atoms with E-state index in [9.17, 15) is 0 Å². The Bertz CT molecular complexity index is 578. The molecular weight excluding hydrogens is 236 g/mol. The molecule has 0 atom stereocenters. The molecule has 0 unspecified atom stereocenters.